The van der Waals surface area contributed by atoms with Crippen LogP contribution in [0.25, 0.3) is 0 Å². The fraction of sp³-hybridized carbons (Fsp3) is 1.00. The Balaban J connectivity index is 0.000000750. The summed E-state index contributed by atoms with van der Waals surface area (Å²) >= 11 is 0. The third-order valence-corrected chi connectivity index (χ3v) is 3.69. The van der Waals surface area contributed by atoms with E-state index in [-0.39, 0.29) is 12.4 Å². The SMILES string of the molecule is C1CC1CO[C@H]1C[C@H]2CC[C@@H](C1)N2.Cl. The molecule has 2 aliphatic heterocycles. The highest BCUT2D eigenvalue weighted by Crippen LogP contribution is 2.32. The van der Waals surface area contributed by atoms with Crippen LogP contribution in [-0.4, -0.2) is 24.8 Å². The van der Waals surface area contributed by atoms with Crippen molar-refractivity contribution in [2.75, 3.05) is 6.61 Å². The molecule has 3 heteroatoms. The van der Waals surface area contributed by atoms with E-state index >= 15 is 0 Å². The lowest BCUT2D eigenvalue weighted by Gasteiger charge is -2.29. The maximum Gasteiger partial charge on any atom is 0.0604 e. The Morgan fingerprint density at radius 2 is 1.64 bits per heavy atom. The molecular formula is C11H20ClNO. The molecule has 0 aromatic rings. The van der Waals surface area contributed by atoms with E-state index in [2.05, 4.69) is 5.32 Å². The van der Waals surface area contributed by atoms with Crippen molar-refractivity contribution in [1.82, 2.24) is 5.32 Å². The van der Waals surface area contributed by atoms with Gasteiger partial charge in [-0.05, 0) is 44.4 Å². The molecule has 1 aliphatic carbocycles. The van der Waals surface area contributed by atoms with E-state index in [1.54, 1.807) is 0 Å². The summed E-state index contributed by atoms with van der Waals surface area (Å²) in [6, 6.07) is 1.56. The Bertz CT molecular complexity index is 184. The predicted octanol–water partition coefficient (Wildman–Crippen LogP) is 2.12. The first-order valence-electron chi connectivity index (χ1n) is 5.78. The first kappa shape index (κ1) is 10.7. The molecule has 0 radical (unpaired) electrons. The minimum Gasteiger partial charge on any atom is -0.378 e. The smallest absolute Gasteiger partial charge is 0.0604 e. The number of halogens is 1. The molecule has 0 aromatic carbocycles. The van der Waals surface area contributed by atoms with Gasteiger partial charge in [-0.2, -0.15) is 0 Å². The van der Waals surface area contributed by atoms with Gasteiger partial charge in [0.15, 0.2) is 0 Å². The van der Waals surface area contributed by atoms with Crippen LogP contribution in [0.1, 0.15) is 38.5 Å². The van der Waals surface area contributed by atoms with Gasteiger partial charge in [0.05, 0.1) is 6.10 Å². The molecule has 2 heterocycles. The molecule has 1 N–H and O–H groups in total. The molecule has 0 unspecified atom stereocenters. The fourth-order valence-electron chi connectivity index (χ4n) is 2.70. The number of hydrogen-bond acceptors (Lipinski definition) is 2. The third kappa shape index (κ3) is 2.41. The molecule has 2 bridgehead atoms. The summed E-state index contributed by atoms with van der Waals surface area (Å²) in [5, 5.41) is 3.64. The highest BCUT2D eigenvalue weighted by molar-refractivity contribution is 5.85. The number of piperidine rings is 1. The third-order valence-electron chi connectivity index (χ3n) is 3.69. The Morgan fingerprint density at radius 1 is 1.00 bits per heavy atom. The van der Waals surface area contributed by atoms with Crippen LogP contribution in [0.15, 0.2) is 0 Å². The van der Waals surface area contributed by atoms with Crippen LogP contribution in [0.4, 0.5) is 0 Å². The normalized spacial score (nSPS) is 40.7. The lowest BCUT2D eigenvalue weighted by Crippen LogP contribution is -2.41. The van der Waals surface area contributed by atoms with Crippen LogP contribution in [-0.2, 0) is 4.74 Å². The first-order chi connectivity index (χ1) is 6.40. The summed E-state index contributed by atoms with van der Waals surface area (Å²) in [5.41, 5.74) is 0. The first-order valence-corrected chi connectivity index (χ1v) is 5.78. The molecule has 1 saturated carbocycles. The van der Waals surface area contributed by atoms with Gasteiger partial charge >= 0.3 is 0 Å². The Labute approximate surface area is 92.2 Å². The lowest BCUT2D eigenvalue weighted by atomic mass is 10.0. The van der Waals surface area contributed by atoms with Crippen LogP contribution in [0.3, 0.4) is 0 Å². The minimum absolute atomic E-state index is 0. The fourth-order valence-corrected chi connectivity index (χ4v) is 2.70. The highest BCUT2D eigenvalue weighted by Gasteiger charge is 2.34. The molecule has 2 nitrogen and oxygen atoms in total. The van der Waals surface area contributed by atoms with Crippen LogP contribution in [0, 0.1) is 5.92 Å². The average molecular weight is 218 g/mol. The van der Waals surface area contributed by atoms with Crippen LogP contribution >= 0.6 is 12.4 Å². The molecule has 3 aliphatic rings. The molecule has 2 saturated heterocycles. The zero-order valence-corrected chi connectivity index (χ0v) is 9.39. The number of rotatable bonds is 3. The molecule has 14 heavy (non-hydrogen) atoms. The van der Waals surface area contributed by atoms with Crippen molar-refractivity contribution in [2.24, 2.45) is 5.92 Å². The van der Waals surface area contributed by atoms with Crippen molar-refractivity contribution < 1.29 is 4.74 Å². The molecule has 3 rings (SSSR count). The van der Waals surface area contributed by atoms with Crippen LogP contribution in [0.5, 0.6) is 0 Å². The van der Waals surface area contributed by atoms with Gasteiger partial charge in [0.1, 0.15) is 0 Å². The average Bonchev–Trinajstić information content (AvgIpc) is 2.90. The summed E-state index contributed by atoms with van der Waals surface area (Å²) in [7, 11) is 0. The van der Waals surface area contributed by atoms with E-state index < -0.39 is 0 Å². The molecule has 0 aromatic heterocycles. The topological polar surface area (TPSA) is 21.3 Å². The molecule has 82 valence electrons. The van der Waals surface area contributed by atoms with E-state index in [0.717, 1.165) is 24.6 Å². The van der Waals surface area contributed by atoms with Gasteiger partial charge in [-0.3, -0.25) is 0 Å². The molecule has 3 atom stereocenters. The Hall–Kier alpha value is 0.210. The van der Waals surface area contributed by atoms with Crippen molar-refractivity contribution in [3.05, 3.63) is 0 Å². The van der Waals surface area contributed by atoms with Gasteiger partial charge in [0, 0.05) is 18.7 Å². The maximum atomic E-state index is 5.95. The van der Waals surface area contributed by atoms with Crippen molar-refractivity contribution >= 4 is 12.4 Å². The lowest BCUT2D eigenvalue weighted by molar-refractivity contribution is 0.0145. The quantitative estimate of drug-likeness (QED) is 0.782. The van der Waals surface area contributed by atoms with E-state index in [1.165, 1.54) is 38.5 Å². The summed E-state index contributed by atoms with van der Waals surface area (Å²) in [6.45, 7) is 1.05. The summed E-state index contributed by atoms with van der Waals surface area (Å²) < 4.78 is 5.95. The van der Waals surface area contributed by atoms with Crippen molar-refractivity contribution in [3.8, 4) is 0 Å². The standard InChI is InChI=1S/C11H19NO.ClH/c1-2-8(1)7-13-11-5-9-3-4-10(6-11)12-9;/h8-12H,1-7H2;1H/t9-,10+,11+;. The second kappa shape index (κ2) is 4.38. The summed E-state index contributed by atoms with van der Waals surface area (Å²) in [4.78, 5) is 0. The number of ether oxygens (including phenoxy) is 1. The van der Waals surface area contributed by atoms with Gasteiger partial charge in [-0.1, -0.05) is 0 Å². The maximum absolute atomic E-state index is 5.95. The number of hydrogen-bond donors (Lipinski definition) is 1. The summed E-state index contributed by atoms with van der Waals surface area (Å²) in [5.74, 6) is 0.924. The molecular weight excluding hydrogens is 198 g/mol. The van der Waals surface area contributed by atoms with Crippen LogP contribution < -0.4 is 5.32 Å². The van der Waals surface area contributed by atoms with E-state index in [9.17, 15) is 0 Å². The van der Waals surface area contributed by atoms with Gasteiger partial charge in [0.25, 0.3) is 0 Å². The largest absolute Gasteiger partial charge is 0.378 e. The second-order valence-electron chi connectivity index (χ2n) is 5.01. The van der Waals surface area contributed by atoms with E-state index in [1.807, 2.05) is 0 Å². The van der Waals surface area contributed by atoms with Gasteiger partial charge in [0.2, 0.25) is 0 Å². The van der Waals surface area contributed by atoms with Crippen molar-refractivity contribution in [2.45, 2.75) is 56.7 Å². The van der Waals surface area contributed by atoms with E-state index in [0.29, 0.717) is 6.10 Å². The Kier molecular flexibility index (Phi) is 3.35. The zero-order valence-electron chi connectivity index (χ0n) is 8.58. The van der Waals surface area contributed by atoms with Gasteiger partial charge in [-0.15, -0.1) is 12.4 Å². The van der Waals surface area contributed by atoms with Gasteiger partial charge in [-0.25, -0.2) is 0 Å². The van der Waals surface area contributed by atoms with E-state index in [4.69, 9.17) is 4.74 Å². The van der Waals surface area contributed by atoms with Crippen LogP contribution in [0.2, 0.25) is 0 Å². The van der Waals surface area contributed by atoms with Crippen molar-refractivity contribution in [1.29, 1.82) is 0 Å². The molecule has 3 fully saturated rings. The number of nitrogens with one attached hydrogen (secondary N) is 1. The zero-order chi connectivity index (χ0) is 8.67. The second-order valence-corrected chi connectivity index (χ2v) is 5.01. The predicted molar refractivity (Wildman–Crippen MR) is 58.9 cm³/mol. The Morgan fingerprint density at radius 3 is 2.21 bits per heavy atom. The summed E-state index contributed by atoms with van der Waals surface area (Å²) in [6.07, 6.45) is 8.71. The minimum atomic E-state index is 0. The monoisotopic (exact) mass is 217 g/mol. The molecule has 0 spiro atoms. The van der Waals surface area contributed by atoms with Gasteiger partial charge < -0.3 is 10.1 Å². The number of fused-ring (bicyclic) bond motifs is 2. The highest BCUT2D eigenvalue weighted by atomic mass is 35.5. The van der Waals surface area contributed by atoms with Crippen molar-refractivity contribution in [3.63, 3.8) is 0 Å². The molecule has 0 amide bonds.